The zero-order valence-electron chi connectivity index (χ0n) is 10.8. The molecule has 1 atom stereocenters. The largest absolute Gasteiger partial charge is 0.468 e. The minimum atomic E-state index is -3.86. The molecule has 0 aliphatic rings. The minimum absolute atomic E-state index is 0.0537. The number of hydrogen-bond acceptors (Lipinski definition) is 5. The van der Waals surface area contributed by atoms with Gasteiger partial charge in [0.2, 0.25) is 10.0 Å². The number of methoxy groups -OCH3 is 1. The molecule has 0 aliphatic carbocycles. The molecule has 1 heterocycles. The Morgan fingerprint density at radius 1 is 1.47 bits per heavy atom. The molecule has 8 heteroatoms. The van der Waals surface area contributed by atoms with Crippen LogP contribution in [0.1, 0.15) is 13.8 Å². The van der Waals surface area contributed by atoms with Gasteiger partial charge in [0.15, 0.2) is 0 Å². The van der Waals surface area contributed by atoms with Crippen molar-refractivity contribution in [3.05, 3.63) is 23.5 Å². The molecule has 0 aromatic carbocycles. The van der Waals surface area contributed by atoms with Crippen molar-refractivity contribution in [1.29, 1.82) is 0 Å². The highest BCUT2D eigenvalue weighted by molar-refractivity contribution is 7.89. The number of carbonyl (C=O) groups is 1. The van der Waals surface area contributed by atoms with Crippen molar-refractivity contribution < 1.29 is 17.9 Å². The van der Waals surface area contributed by atoms with E-state index >= 15 is 0 Å². The molecule has 1 aromatic rings. The molecule has 0 spiro atoms. The quantitative estimate of drug-likeness (QED) is 0.653. The molecule has 0 aliphatic heterocycles. The standard InChI is InChI=1S/C11H15ClN2O4S/c1-7(2)10(11(15)18-3)14-19(16,17)8-4-5-13-9(12)6-8/h4-7,10,14H,1-3H3/t10-/m1/s1. The number of nitrogens with one attached hydrogen (secondary N) is 1. The van der Waals surface area contributed by atoms with Gasteiger partial charge in [0.05, 0.1) is 12.0 Å². The smallest absolute Gasteiger partial charge is 0.324 e. The Morgan fingerprint density at radius 2 is 2.11 bits per heavy atom. The van der Waals surface area contributed by atoms with Crippen molar-refractivity contribution in [3.8, 4) is 0 Å². The van der Waals surface area contributed by atoms with E-state index in [0.29, 0.717) is 0 Å². The van der Waals surface area contributed by atoms with Crippen LogP contribution in [0.15, 0.2) is 23.2 Å². The topological polar surface area (TPSA) is 85.4 Å². The van der Waals surface area contributed by atoms with Gasteiger partial charge in [0.25, 0.3) is 0 Å². The van der Waals surface area contributed by atoms with Gasteiger partial charge in [-0.1, -0.05) is 25.4 Å². The Balaban J connectivity index is 3.04. The van der Waals surface area contributed by atoms with Gasteiger partial charge in [-0.05, 0) is 18.1 Å². The van der Waals surface area contributed by atoms with Crippen molar-refractivity contribution in [2.24, 2.45) is 5.92 Å². The third-order valence-electron chi connectivity index (χ3n) is 2.41. The molecule has 1 rings (SSSR count). The minimum Gasteiger partial charge on any atom is -0.468 e. The molecule has 0 fully saturated rings. The Kier molecular flexibility index (Phi) is 5.28. The van der Waals surface area contributed by atoms with E-state index < -0.39 is 22.0 Å². The molecule has 0 bridgehead atoms. The van der Waals surface area contributed by atoms with Crippen molar-refractivity contribution in [1.82, 2.24) is 9.71 Å². The second-order valence-corrected chi connectivity index (χ2v) is 6.28. The summed E-state index contributed by atoms with van der Waals surface area (Å²) in [5.41, 5.74) is 0. The highest BCUT2D eigenvalue weighted by Gasteiger charge is 2.29. The molecule has 0 saturated carbocycles. The van der Waals surface area contributed by atoms with Crippen LogP contribution < -0.4 is 4.72 Å². The fourth-order valence-electron chi connectivity index (χ4n) is 1.37. The molecule has 0 amide bonds. The zero-order valence-corrected chi connectivity index (χ0v) is 12.3. The van der Waals surface area contributed by atoms with Crippen LogP contribution in [0.25, 0.3) is 0 Å². The third kappa shape index (κ3) is 4.15. The predicted molar refractivity (Wildman–Crippen MR) is 70.2 cm³/mol. The first-order valence-electron chi connectivity index (χ1n) is 5.49. The first kappa shape index (κ1) is 15.9. The average molecular weight is 307 g/mol. The summed E-state index contributed by atoms with van der Waals surface area (Å²) in [5, 5.41) is 0.0574. The number of pyridine rings is 1. The molecule has 0 saturated heterocycles. The lowest BCUT2D eigenvalue weighted by Crippen LogP contribution is -2.44. The second kappa shape index (κ2) is 6.31. The molecular formula is C11H15ClN2O4S. The normalized spacial score (nSPS) is 13.3. The summed E-state index contributed by atoms with van der Waals surface area (Å²) in [5.74, 6) is -0.890. The van der Waals surface area contributed by atoms with Gasteiger partial charge in [-0.3, -0.25) is 4.79 Å². The summed E-state index contributed by atoms with van der Waals surface area (Å²) in [6.07, 6.45) is 1.28. The van der Waals surface area contributed by atoms with Crippen LogP contribution >= 0.6 is 11.6 Å². The number of sulfonamides is 1. The number of nitrogens with zero attached hydrogens (tertiary/aromatic N) is 1. The fraction of sp³-hybridized carbons (Fsp3) is 0.455. The summed E-state index contributed by atoms with van der Waals surface area (Å²) in [4.78, 5) is 15.2. The van der Waals surface area contributed by atoms with Crippen LogP contribution in [0.3, 0.4) is 0 Å². The van der Waals surface area contributed by atoms with Crippen LogP contribution in [0, 0.1) is 5.92 Å². The molecule has 0 unspecified atom stereocenters. The van der Waals surface area contributed by atoms with Gasteiger partial charge in [-0.2, -0.15) is 4.72 Å². The Bertz CT molecular complexity index is 560. The maximum absolute atomic E-state index is 12.1. The van der Waals surface area contributed by atoms with Crippen LogP contribution in [-0.4, -0.2) is 32.5 Å². The summed E-state index contributed by atoms with van der Waals surface area (Å²) in [6.45, 7) is 3.42. The lowest BCUT2D eigenvalue weighted by Gasteiger charge is -2.19. The van der Waals surface area contributed by atoms with Crippen LogP contribution in [0.2, 0.25) is 5.15 Å². The lowest BCUT2D eigenvalue weighted by atomic mass is 10.1. The highest BCUT2D eigenvalue weighted by atomic mass is 35.5. The molecule has 106 valence electrons. The zero-order chi connectivity index (χ0) is 14.6. The van der Waals surface area contributed by atoms with Gasteiger partial charge in [-0.25, -0.2) is 13.4 Å². The van der Waals surface area contributed by atoms with E-state index in [-0.39, 0.29) is 16.0 Å². The van der Waals surface area contributed by atoms with Crippen LogP contribution in [0.5, 0.6) is 0 Å². The maximum atomic E-state index is 12.1. The SMILES string of the molecule is COC(=O)[C@H](NS(=O)(=O)c1ccnc(Cl)c1)C(C)C. The van der Waals surface area contributed by atoms with E-state index in [2.05, 4.69) is 14.4 Å². The summed E-state index contributed by atoms with van der Waals surface area (Å²) < 4.78 is 31.1. The lowest BCUT2D eigenvalue weighted by molar-refractivity contribution is -0.143. The molecule has 1 N–H and O–H groups in total. The van der Waals surface area contributed by atoms with E-state index in [1.165, 1.54) is 25.4 Å². The second-order valence-electron chi connectivity index (χ2n) is 4.18. The molecule has 6 nitrogen and oxygen atoms in total. The Labute approximate surface area is 117 Å². The number of ether oxygens (including phenoxy) is 1. The Morgan fingerprint density at radius 3 is 2.58 bits per heavy atom. The maximum Gasteiger partial charge on any atom is 0.324 e. The van der Waals surface area contributed by atoms with Crippen molar-refractivity contribution in [3.63, 3.8) is 0 Å². The molecular weight excluding hydrogens is 292 g/mol. The van der Waals surface area contributed by atoms with E-state index in [1.54, 1.807) is 13.8 Å². The van der Waals surface area contributed by atoms with Crippen LogP contribution in [0.4, 0.5) is 0 Å². The van der Waals surface area contributed by atoms with Gasteiger partial charge < -0.3 is 4.74 Å². The number of esters is 1. The Hall–Kier alpha value is -1.18. The molecule has 1 aromatic heterocycles. The summed E-state index contributed by atoms with van der Waals surface area (Å²) in [6, 6.07) is 1.54. The van der Waals surface area contributed by atoms with E-state index in [0.717, 1.165) is 0 Å². The van der Waals surface area contributed by atoms with E-state index in [1.807, 2.05) is 0 Å². The monoisotopic (exact) mass is 306 g/mol. The number of rotatable bonds is 5. The summed E-state index contributed by atoms with van der Waals surface area (Å²) >= 11 is 5.64. The highest BCUT2D eigenvalue weighted by Crippen LogP contribution is 2.15. The van der Waals surface area contributed by atoms with E-state index in [4.69, 9.17) is 11.6 Å². The first-order valence-corrected chi connectivity index (χ1v) is 7.35. The fourth-order valence-corrected chi connectivity index (χ4v) is 2.95. The van der Waals surface area contributed by atoms with Gasteiger partial charge in [0.1, 0.15) is 11.2 Å². The number of carbonyl (C=O) groups excluding carboxylic acids is 1. The van der Waals surface area contributed by atoms with Crippen molar-refractivity contribution in [2.45, 2.75) is 24.8 Å². The third-order valence-corrected chi connectivity index (χ3v) is 4.06. The molecule has 0 radical (unpaired) electrons. The first-order chi connectivity index (χ1) is 8.77. The summed E-state index contributed by atoms with van der Waals surface area (Å²) in [7, 11) is -2.65. The van der Waals surface area contributed by atoms with Crippen molar-refractivity contribution >= 4 is 27.6 Å². The number of hydrogen-bond donors (Lipinski definition) is 1. The van der Waals surface area contributed by atoms with E-state index in [9.17, 15) is 13.2 Å². The van der Waals surface area contributed by atoms with Gasteiger partial charge in [0, 0.05) is 6.20 Å². The number of halogens is 1. The van der Waals surface area contributed by atoms with Gasteiger partial charge in [-0.15, -0.1) is 0 Å². The van der Waals surface area contributed by atoms with Gasteiger partial charge >= 0.3 is 5.97 Å². The predicted octanol–water partition coefficient (Wildman–Crippen LogP) is 1.21. The van der Waals surface area contributed by atoms with Crippen molar-refractivity contribution in [2.75, 3.05) is 7.11 Å². The molecule has 19 heavy (non-hydrogen) atoms. The van der Waals surface area contributed by atoms with Crippen LogP contribution in [-0.2, 0) is 19.6 Å². The number of aromatic nitrogens is 1. The average Bonchev–Trinajstić information content (AvgIpc) is 2.35.